The van der Waals surface area contributed by atoms with Crippen LogP contribution in [0.25, 0.3) is 0 Å². The Bertz CT molecular complexity index is 638. The zero-order valence-corrected chi connectivity index (χ0v) is 14.4. The van der Waals surface area contributed by atoms with Crippen molar-refractivity contribution < 1.29 is 18.7 Å². The summed E-state index contributed by atoms with van der Waals surface area (Å²) in [7, 11) is 0. The van der Waals surface area contributed by atoms with Crippen molar-refractivity contribution in [1.82, 2.24) is 10.2 Å². The minimum absolute atomic E-state index is 0.00996. The Hall–Kier alpha value is -2.15. The molecule has 1 aromatic rings. The first-order chi connectivity index (χ1) is 12.0. The Labute approximate surface area is 146 Å². The fourth-order valence-electron chi connectivity index (χ4n) is 3.25. The molecule has 0 saturated carbocycles. The average molecular weight is 349 g/mol. The van der Waals surface area contributed by atoms with E-state index in [1.54, 1.807) is 19.1 Å². The molecule has 3 rings (SSSR count). The van der Waals surface area contributed by atoms with Crippen LogP contribution < -0.4 is 10.6 Å². The van der Waals surface area contributed by atoms with Gasteiger partial charge in [-0.3, -0.25) is 4.79 Å². The molecule has 1 atom stereocenters. The number of carbonyl (C=O) groups is 2. The van der Waals surface area contributed by atoms with Gasteiger partial charge in [0.25, 0.3) is 0 Å². The molecule has 2 N–H and O–H groups in total. The van der Waals surface area contributed by atoms with Crippen LogP contribution in [0.4, 0.5) is 14.9 Å². The molecule has 2 aliphatic rings. The fourth-order valence-corrected chi connectivity index (χ4v) is 3.25. The number of likely N-dealkylation sites (tertiary alicyclic amines) is 1. The Morgan fingerprint density at radius 2 is 2.00 bits per heavy atom. The van der Waals surface area contributed by atoms with Gasteiger partial charge in [-0.2, -0.15) is 0 Å². The predicted octanol–water partition coefficient (Wildman–Crippen LogP) is 2.28. The van der Waals surface area contributed by atoms with Crippen LogP contribution in [0.2, 0.25) is 0 Å². The van der Waals surface area contributed by atoms with Gasteiger partial charge in [0.15, 0.2) is 0 Å². The first kappa shape index (κ1) is 17.7. The number of nitrogens with one attached hydrogen (secondary N) is 2. The molecule has 0 unspecified atom stereocenters. The largest absolute Gasteiger partial charge is 0.381 e. The SMILES string of the molecule is Cc1ccc(NC(=O)NC2CCN(C(=O)[C@@H]3CCOC3)CC2)cc1F. The quantitative estimate of drug-likeness (QED) is 0.879. The van der Waals surface area contributed by atoms with Crippen molar-refractivity contribution in [3.05, 3.63) is 29.6 Å². The van der Waals surface area contributed by atoms with Crippen LogP contribution in [0.15, 0.2) is 18.2 Å². The molecule has 136 valence electrons. The Kier molecular flexibility index (Phi) is 5.53. The van der Waals surface area contributed by atoms with Gasteiger partial charge in [-0.25, -0.2) is 9.18 Å². The number of aryl methyl sites for hydroxylation is 1. The molecule has 7 heteroatoms. The lowest BCUT2D eigenvalue weighted by Gasteiger charge is -2.33. The van der Waals surface area contributed by atoms with Gasteiger partial charge in [0.2, 0.25) is 5.91 Å². The summed E-state index contributed by atoms with van der Waals surface area (Å²) in [5.41, 5.74) is 0.963. The van der Waals surface area contributed by atoms with Crippen LogP contribution in [0.5, 0.6) is 0 Å². The third kappa shape index (κ3) is 4.48. The first-order valence-corrected chi connectivity index (χ1v) is 8.73. The van der Waals surface area contributed by atoms with Gasteiger partial charge < -0.3 is 20.3 Å². The molecular formula is C18H24FN3O3. The second kappa shape index (κ2) is 7.82. The van der Waals surface area contributed by atoms with Crippen molar-refractivity contribution >= 4 is 17.6 Å². The zero-order valence-electron chi connectivity index (χ0n) is 14.4. The summed E-state index contributed by atoms with van der Waals surface area (Å²) < 4.78 is 18.8. The van der Waals surface area contributed by atoms with E-state index < -0.39 is 0 Å². The van der Waals surface area contributed by atoms with E-state index >= 15 is 0 Å². The summed E-state index contributed by atoms with van der Waals surface area (Å²) in [6.07, 6.45) is 2.23. The van der Waals surface area contributed by atoms with Crippen molar-refractivity contribution in [2.75, 3.05) is 31.6 Å². The number of carbonyl (C=O) groups excluding carboxylic acids is 2. The Balaban J connectivity index is 1.44. The highest BCUT2D eigenvalue weighted by atomic mass is 19.1. The number of nitrogens with zero attached hydrogens (tertiary/aromatic N) is 1. The minimum Gasteiger partial charge on any atom is -0.381 e. The number of benzene rings is 1. The van der Waals surface area contributed by atoms with E-state index in [0.29, 0.717) is 37.6 Å². The average Bonchev–Trinajstić information content (AvgIpc) is 3.13. The van der Waals surface area contributed by atoms with Crippen LogP contribution in [-0.2, 0) is 9.53 Å². The molecule has 0 aliphatic carbocycles. The van der Waals surface area contributed by atoms with E-state index in [9.17, 15) is 14.0 Å². The third-order valence-corrected chi connectivity index (χ3v) is 4.85. The fraction of sp³-hybridized carbons (Fsp3) is 0.556. The normalized spacial score (nSPS) is 21.2. The molecule has 2 aliphatic heterocycles. The van der Waals surface area contributed by atoms with Gasteiger partial charge in [0.1, 0.15) is 5.82 Å². The molecule has 6 nitrogen and oxygen atoms in total. The maximum Gasteiger partial charge on any atom is 0.319 e. The lowest BCUT2D eigenvalue weighted by molar-refractivity contribution is -0.136. The standard InChI is InChI=1S/C18H24FN3O3/c1-12-2-3-15(10-16(12)19)21-18(24)20-14-4-7-22(8-5-14)17(23)13-6-9-25-11-13/h2-3,10,13-14H,4-9,11H2,1H3,(H2,20,21,24)/t13-/m1/s1. The monoisotopic (exact) mass is 349 g/mol. The smallest absolute Gasteiger partial charge is 0.319 e. The summed E-state index contributed by atoms with van der Waals surface area (Å²) in [4.78, 5) is 26.3. The van der Waals surface area contributed by atoms with Crippen molar-refractivity contribution in [2.45, 2.75) is 32.2 Å². The molecular weight excluding hydrogens is 325 g/mol. The summed E-state index contributed by atoms with van der Waals surface area (Å²) in [5.74, 6) is -0.194. The number of halogens is 1. The number of hydrogen-bond acceptors (Lipinski definition) is 3. The number of hydrogen-bond donors (Lipinski definition) is 2. The molecule has 25 heavy (non-hydrogen) atoms. The molecule has 0 bridgehead atoms. The number of urea groups is 1. The molecule has 0 radical (unpaired) electrons. The van der Waals surface area contributed by atoms with Crippen LogP contribution in [0.3, 0.4) is 0 Å². The van der Waals surface area contributed by atoms with Gasteiger partial charge in [-0.1, -0.05) is 6.07 Å². The molecule has 0 spiro atoms. The molecule has 0 aromatic heterocycles. The van der Waals surface area contributed by atoms with Gasteiger partial charge in [0, 0.05) is 31.4 Å². The molecule has 3 amide bonds. The van der Waals surface area contributed by atoms with E-state index in [0.717, 1.165) is 19.3 Å². The Morgan fingerprint density at radius 1 is 1.24 bits per heavy atom. The van der Waals surface area contributed by atoms with Crippen molar-refractivity contribution in [1.29, 1.82) is 0 Å². The number of ether oxygens (including phenoxy) is 1. The molecule has 2 saturated heterocycles. The van der Waals surface area contributed by atoms with E-state index in [1.165, 1.54) is 6.07 Å². The molecule has 2 fully saturated rings. The first-order valence-electron chi connectivity index (χ1n) is 8.73. The number of anilines is 1. The maximum atomic E-state index is 13.5. The zero-order chi connectivity index (χ0) is 17.8. The van der Waals surface area contributed by atoms with Gasteiger partial charge in [-0.15, -0.1) is 0 Å². The van der Waals surface area contributed by atoms with Crippen LogP contribution in [0.1, 0.15) is 24.8 Å². The highest BCUT2D eigenvalue weighted by molar-refractivity contribution is 5.89. The van der Waals surface area contributed by atoms with E-state index in [2.05, 4.69) is 10.6 Å². The number of piperidine rings is 1. The second-order valence-corrected chi connectivity index (χ2v) is 6.72. The van der Waals surface area contributed by atoms with E-state index in [4.69, 9.17) is 4.74 Å². The van der Waals surface area contributed by atoms with Crippen molar-refractivity contribution in [2.24, 2.45) is 5.92 Å². The molecule has 1 aromatic carbocycles. The highest BCUT2D eigenvalue weighted by Gasteiger charge is 2.30. The number of rotatable bonds is 3. The second-order valence-electron chi connectivity index (χ2n) is 6.72. The lowest BCUT2D eigenvalue weighted by Crippen LogP contribution is -2.49. The van der Waals surface area contributed by atoms with Crippen LogP contribution >= 0.6 is 0 Å². The molecule has 2 heterocycles. The number of amides is 3. The van der Waals surface area contributed by atoms with Crippen LogP contribution in [-0.4, -0.2) is 49.2 Å². The van der Waals surface area contributed by atoms with Crippen molar-refractivity contribution in [3.63, 3.8) is 0 Å². The van der Waals surface area contributed by atoms with Crippen molar-refractivity contribution in [3.8, 4) is 0 Å². The summed E-state index contributed by atoms with van der Waals surface area (Å²) >= 11 is 0. The van der Waals surface area contributed by atoms with E-state index in [1.807, 2.05) is 4.90 Å². The van der Waals surface area contributed by atoms with Gasteiger partial charge in [-0.05, 0) is 43.9 Å². The van der Waals surface area contributed by atoms with Crippen LogP contribution in [0, 0.1) is 18.7 Å². The summed E-state index contributed by atoms with van der Waals surface area (Å²) in [5, 5.41) is 5.54. The minimum atomic E-state index is -0.350. The lowest BCUT2D eigenvalue weighted by atomic mass is 10.0. The summed E-state index contributed by atoms with van der Waals surface area (Å²) in [6, 6.07) is 4.27. The maximum absolute atomic E-state index is 13.5. The predicted molar refractivity (Wildman–Crippen MR) is 91.8 cm³/mol. The van der Waals surface area contributed by atoms with Gasteiger partial charge >= 0.3 is 6.03 Å². The third-order valence-electron chi connectivity index (χ3n) is 4.85. The highest BCUT2D eigenvalue weighted by Crippen LogP contribution is 2.19. The summed E-state index contributed by atoms with van der Waals surface area (Å²) in [6.45, 7) is 4.13. The van der Waals surface area contributed by atoms with Gasteiger partial charge in [0.05, 0.1) is 12.5 Å². The Morgan fingerprint density at radius 3 is 2.64 bits per heavy atom. The topological polar surface area (TPSA) is 70.7 Å². The van der Waals surface area contributed by atoms with E-state index in [-0.39, 0.29) is 29.7 Å².